The first-order valence-corrected chi connectivity index (χ1v) is 9.75. The van der Waals surface area contributed by atoms with Gasteiger partial charge in [0.25, 0.3) is 0 Å². The summed E-state index contributed by atoms with van der Waals surface area (Å²) in [6.07, 6.45) is 2.16. The molecule has 0 aromatic heterocycles. The van der Waals surface area contributed by atoms with Crippen molar-refractivity contribution in [2.45, 2.75) is 12.8 Å². The molecule has 1 saturated heterocycles. The van der Waals surface area contributed by atoms with Gasteiger partial charge in [-0.05, 0) is 56.1 Å². The zero-order valence-electron chi connectivity index (χ0n) is 13.4. The Kier molecular flexibility index (Phi) is 3.94. The number of nitrogens with zero attached hydrogens (tertiary/aromatic N) is 2. The van der Waals surface area contributed by atoms with Crippen LogP contribution in [0.1, 0.15) is 12.8 Å². The average Bonchev–Trinajstić information content (AvgIpc) is 2.84. The van der Waals surface area contributed by atoms with Gasteiger partial charge in [-0.2, -0.15) is 8.42 Å². The molecule has 1 N–H and O–H groups in total. The molecular formula is C18H21N3O2S. The van der Waals surface area contributed by atoms with Crippen LogP contribution in [0.25, 0.3) is 0 Å². The van der Waals surface area contributed by atoms with Crippen molar-refractivity contribution in [1.29, 1.82) is 0 Å². The van der Waals surface area contributed by atoms with Gasteiger partial charge < -0.3 is 5.32 Å². The molecule has 0 aliphatic carbocycles. The average molecular weight is 343 g/mol. The van der Waals surface area contributed by atoms with E-state index in [4.69, 9.17) is 0 Å². The van der Waals surface area contributed by atoms with Gasteiger partial charge in [0, 0.05) is 6.54 Å². The molecule has 2 aliphatic rings. The van der Waals surface area contributed by atoms with Crippen molar-refractivity contribution in [3.8, 4) is 0 Å². The van der Waals surface area contributed by atoms with E-state index >= 15 is 0 Å². The molecule has 126 valence electrons. The highest BCUT2D eigenvalue weighted by Crippen LogP contribution is 2.45. The number of para-hydroxylation sites is 3. The highest BCUT2D eigenvalue weighted by atomic mass is 32.2. The molecule has 1 atom stereocenters. The SMILES string of the molecule is O=S1(=O)N(C[C@@H]2CCCNC2)c2ccccc2N1c1ccccc1. The third kappa shape index (κ3) is 2.56. The topological polar surface area (TPSA) is 52.7 Å². The maximum Gasteiger partial charge on any atom is 0.330 e. The quantitative estimate of drug-likeness (QED) is 0.932. The Bertz CT molecular complexity index is 817. The number of nitrogens with one attached hydrogen (secondary N) is 1. The molecule has 2 heterocycles. The largest absolute Gasteiger partial charge is 0.330 e. The van der Waals surface area contributed by atoms with Crippen molar-refractivity contribution in [2.24, 2.45) is 5.92 Å². The summed E-state index contributed by atoms with van der Waals surface area (Å²) in [4.78, 5) is 0. The fourth-order valence-corrected chi connectivity index (χ4v) is 5.33. The Morgan fingerprint density at radius 1 is 1.00 bits per heavy atom. The van der Waals surface area contributed by atoms with Crippen LogP contribution in [0, 0.1) is 5.92 Å². The van der Waals surface area contributed by atoms with Crippen LogP contribution in [-0.4, -0.2) is 28.1 Å². The van der Waals surface area contributed by atoms with Gasteiger partial charge in [-0.25, -0.2) is 4.31 Å². The van der Waals surface area contributed by atoms with Gasteiger partial charge in [-0.15, -0.1) is 0 Å². The van der Waals surface area contributed by atoms with Crippen LogP contribution in [0.5, 0.6) is 0 Å². The number of hydrogen-bond donors (Lipinski definition) is 1. The Morgan fingerprint density at radius 2 is 1.71 bits per heavy atom. The molecular weight excluding hydrogens is 322 g/mol. The molecule has 0 radical (unpaired) electrons. The summed E-state index contributed by atoms with van der Waals surface area (Å²) in [6.45, 7) is 2.42. The third-order valence-electron chi connectivity index (χ3n) is 4.69. The van der Waals surface area contributed by atoms with Gasteiger partial charge in [0.05, 0.1) is 17.1 Å². The predicted octanol–water partition coefficient (Wildman–Crippen LogP) is 2.89. The lowest BCUT2D eigenvalue weighted by atomic mass is 9.99. The van der Waals surface area contributed by atoms with E-state index in [9.17, 15) is 8.42 Å². The molecule has 0 amide bonds. The summed E-state index contributed by atoms with van der Waals surface area (Å²) in [5, 5.41) is 3.37. The maximum atomic E-state index is 13.3. The lowest BCUT2D eigenvalue weighted by Crippen LogP contribution is -2.42. The van der Waals surface area contributed by atoms with E-state index in [1.807, 2.05) is 54.6 Å². The highest BCUT2D eigenvalue weighted by molar-refractivity contribution is 7.95. The van der Waals surface area contributed by atoms with Gasteiger partial charge in [-0.3, -0.25) is 4.31 Å². The van der Waals surface area contributed by atoms with Gasteiger partial charge in [0.2, 0.25) is 0 Å². The van der Waals surface area contributed by atoms with Crippen LogP contribution in [0.15, 0.2) is 54.6 Å². The van der Waals surface area contributed by atoms with Crippen molar-refractivity contribution in [1.82, 2.24) is 5.32 Å². The molecule has 6 heteroatoms. The molecule has 2 aliphatic heterocycles. The number of anilines is 3. The summed E-state index contributed by atoms with van der Waals surface area (Å²) in [6, 6.07) is 16.8. The molecule has 4 rings (SSSR count). The fourth-order valence-electron chi connectivity index (χ4n) is 3.54. The second-order valence-corrected chi connectivity index (χ2v) is 8.04. The van der Waals surface area contributed by atoms with Crippen LogP contribution >= 0.6 is 0 Å². The number of rotatable bonds is 3. The third-order valence-corrected chi connectivity index (χ3v) is 6.46. The lowest BCUT2D eigenvalue weighted by molar-refractivity contribution is 0.386. The van der Waals surface area contributed by atoms with E-state index in [1.165, 1.54) is 4.31 Å². The molecule has 5 nitrogen and oxygen atoms in total. The Morgan fingerprint density at radius 3 is 2.42 bits per heavy atom. The number of benzene rings is 2. The Balaban J connectivity index is 1.75. The van der Waals surface area contributed by atoms with Gasteiger partial charge >= 0.3 is 10.2 Å². The maximum absolute atomic E-state index is 13.3. The molecule has 0 unspecified atom stereocenters. The summed E-state index contributed by atoms with van der Waals surface area (Å²) in [5.41, 5.74) is 2.17. The van der Waals surface area contributed by atoms with E-state index < -0.39 is 10.2 Å². The number of piperidine rings is 1. The second-order valence-electron chi connectivity index (χ2n) is 6.34. The standard InChI is InChI=1S/C18H21N3O2S/c22-24(23)20(14-15-7-6-12-19-13-15)17-10-4-5-11-18(17)21(24)16-8-2-1-3-9-16/h1-5,8-11,15,19H,6-7,12-14H2/t15-/m1/s1. The summed E-state index contributed by atoms with van der Waals surface area (Å²) in [5.74, 6) is 0.345. The minimum absolute atomic E-state index is 0.345. The minimum atomic E-state index is -3.60. The first kappa shape index (κ1) is 15.5. The molecule has 0 spiro atoms. The Hall–Kier alpha value is -2.05. The van der Waals surface area contributed by atoms with E-state index in [-0.39, 0.29) is 0 Å². The normalized spacial score (nSPS) is 22.4. The van der Waals surface area contributed by atoms with E-state index in [1.54, 1.807) is 4.31 Å². The van der Waals surface area contributed by atoms with Crippen molar-refractivity contribution >= 4 is 27.3 Å². The van der Waals surface area contributed by atoms with E-state index in [0.29, 0.717) is 18.2 Å². The smallest absolute Gasteiger partial charge is 0.316 e. The van der Waals surface area contributed by atoms with Crippen LogP contribution in [0.3, 0.4) is 0 Å². The summed E-state index contributed by atoms with van der Waals surface area (Å²) >= 11 is 0. The van der Waals surface area contributed by atoms with Crippen molar-refractivity contribution < 1.29 is 8.42 Å². The number of hydrogen-bond acceptors (Lipinski definition) is 3. The zero-order chi connectivity index (χ0) is 16.6. The summed E-state index contributed by atoms with van der Waals surface area (Å²) in [7, 11) is -3.60. The summed E-state index contributed by atoms with van der Waals surface area (Å²) < 4.78 is 29.5. The molecule has 2 aromatic carbocycles. The van der Waals surface area contributed by atoms with Crippen LogP contribution in [0.2, 0.25) is 0 Å². The molecule has 24 heavy (non-hydrogen) atoms. The monoisotopic (exact) mass is 343 g/mol. The highest BCUT2D eigenvalue weighted by Gasteiger charge is 2.41. The Labute approximate surface area is 143 Å². The second kappa shape index (κ2) is 6.11. The van der Waals surface area contributed by atoms with Gasteiger partial charge in [0.1, 0.15) is 0 Å². The fraction of sp³-hybridized carbons (Fsp3) is 0.333. The molecule has 0 bridgehead atoms. The number of fused-ring (bicyclic) bond motifs is 1. The first-order chi connectivity index (χ1) is 11.7. The molecule has 2 aromatic rings. The van der Waals surface area contributed by atoms with Gasteiger partial charge in [-0.1, -0.05) is 30.3 Å². The first-order valence-electron chi connectivity index (χ1n) is 8.36. The van der Waals surface area contributed by atoms with E-state index in [2.05, 4.69) is 5.32 Å². The zero-order valence-corrected chi connectivity index (χ0v) is 14.2. The molecule has 0 saturated carbocycles. The van der Waals surface area contributed by atoms with Crippen LogP contribution < -0.4 is 13.9 Å². The van der Waals surface area contributed by atoms with Gasteiger partial charge in [0.15, 0.2) is 0 Å². The van der Waals surface area contributed by atoms with Crippen LogP contribution in [-0.2, 0) is 10.2 Å². The van der Waals surface area contributed by atoms with Crippen molar-refractivity contribution in [2.75, 3.05) is 28.2 Å². The van der Waals surface area contributed by atoms with Crippen LogP contribution in [0.4, 0.5) is 17.1 Å². The lowest BCUT2D eigenvalue weighted by Gasteiger charge is -2.28. The van der Waals surface area contributed by atoms with E-state index in [0.717, 1.165) is 37.3 Å². The van der Waals surface area contributed by atoms with Crippen molar-refractivity contribution in [3.63, 3.8) is 0 Å². The van der Waals surface area contributed by atoms with Crippen molar-refractivity contribution in [3.05, 3.63) is 54.6 Å². The molecule has 1 fully saturated rings. The minimum Gasteiger partial charge on any atom is -0.316 e. The predicted molar refractivity (Wildman–Crippen MR) is 96.9 cm³/mol.